The van der Waals surface area contributed by atoms with E-state index in [0.29, 0.717) is 25.5 Å². The van der Waals surface area contributed by atoms with Crippen molar-refractivity contribution in [3.8, 4) is 0 Å². The molecule has 38 heavy (non-hydrogen) atoms. The van der Waals surface area contributed by atoms with Gasteiger partial charge in [-0.25, -0.2) is 13.6 Å². The number of hydrogen-bond acceptors (Lipinski definition) is 4. The molecule has 0 aliphatic carbocycles. The van der Waals surface area contributed by atoms with Gasteiger partial charge in [-0.2, -0.15) is 13.2 Å². The van der Waals surface area contributed by atoms with Crippen LogP contribution in [0.15, 0.2) is 36.4 Å². The summed E-state index contributed by atoms with van der Waals surface area (Å²) in [6.07, 6.45) is -3.55. The number of rotatable bonds is 6. The second-order valence-electron chi connectivity index (χ2n) is 10.0. The van der Waals surface area contributed by atoms with Crippen LogP contribution in [0.1, 0.15) is 59.2 Å². The van der Waals surface area contributed by atoms with Crippen molar-refractivity contribution in [3.05, 3.63) is 70.3 Å². The first-order valence-corrected chi connectivity index (χ1v) is 12.4. The maximum atomic E-state index is 13.8. The molecule has 0 aromatic heterocycles. The zero-order valence-corrected chi connectivity index (χ0v) is 20.7. The lowest BCUT2D eigenvalue weighted by atomic mass is 9.80. The summed E-state index contributed by atoms with van der Waals surface area (Å²) in [4.78, 5) is 26.1. The number of ether oxygens (including phenoxy) is 1. The fraction of sp³-hybridized carbons (Fsp3) is 0.481. The number of alkyl halides is 3. The van der Waals surface area contributed by atoms with Crippen molar-refractivity contribution in [2.75, 3.05) is 19.7 Å². The van der Waals surface area contributed by atoms with Gasteiger partial charge in [-0.1, -0.05) is 13.0 Å². The molecule has 4 rings (SSSR count). The largest absolute Gasteiger partial charge is 0.478 e. The van der Waals surface area contributed by atoms with Crippen LogP contribution in [0.25, 0.3) is 0 Å². The average Bonchev–Trinajstić information content (AvgIpc) is 2.87. The van der Waals surface area contributed by atoms with Crippen LogP contribution in [-0.4, -0.2) is 53.7 Å². The summed E-state index contributed by atoms with van der Waals surface area (Å²) in [6.45, 7) is 3.60. The quantitative estimate of drug-likeness (QED) is 0.506. The number of nitrogens with zero attached hydrogens (tertiary/aromatic N) is 1. The third kappa shape index (κ3) is 6.50. The number of benzene rings is 2. The van der Waals surface area contributed by atoms with Crippen LogP contribution in [0, 0.1) is 17.6 Å². The molecule has 2 N–H and O–H groups in total. The van der Waals surface area contributed by atoms with Gasteiger partial charge in [-0.15, -0.1) is 0 Å². The van der Waals surface area contributed by atoms with Crippen LogP contribution < -0.4 is 5.32 Å². The third-order valence-electron chi connectivity index (χ3n) is 7.40. The lowest BCUT2D eigenvalue weighted by molar-refractivity contribution is -0.139. The van der Waals surface area contributed by atoms with E-state index < -0.39 is 41.4 Å². The summed E-state index contributed by atoms with van der Waals surface area (Å²) < 4.78 is 71.9. The van der Waals surface area contributed by atoms with Crippen LogP contribution in [0.3, 0.4) is 0 Å². The predicted molar refractivity (Wildman–Crippen MR) is 127 cm³/mol. The fourth-order valence-corrected chi connectivity index (χ4v) is 5.39. The molecule has 206 valence electrons. The number of nitrogens with one attached hydrogen (secondary N) is 1. The first-order chi connectivity index (χ1) is 17.9. The zero-order chi connectivity index (χ0) is 27.6. The fourth-order valence-electron chi connectivity index (χ4n) is 5.39. The maximum Gasteiger partial charge on any atom is 0.416 e. The molecular weight excluding hydrogens is 511 g/mol. The van der Waals surface area contributed by atoms with Crippen molar-refractivity contribution in [1.82, 2.24) is 10.2 Å². The number of carbonyl (C=O) groups is 2. The lowest BCUT2D eigenvalue weighted by Crippen LogP contribution is -2.50. The molecule has 1 amide bonds. The molecule has 0 saturated carbocycles. The van der Waals surface area contributed by atoms with Crippen molar-refractivity contribution in [3.63, 3.8) is 0 Å². The van der Waals surface area contributed by atoms with E-state index in [1.165, 1.54) is 12.1 Å². The number of likely N-dealkylation sites (tertiary alicyclic amines) is 1. The molecule has 2 aliphatic heterocycles. The highest BCUT2D eigenvalue weighted by molar-refractivity contribution is 5.88. The third-order valence-corrected chi connectivity index (χ3v) is 7.40. The summed E-state index contributed by atoms with van der Waals surface area (Å²) in [7, 11) is 0. The van der Waals surface area contributed by atoms with Gasteiger partial charge >= 0.3 is 12.1 Å². The second kappa shape index (κ2) is 11.4. The average molecular weight is 541 g/mol. The first kappa shape index (κ1) is 28.0. The molecule has 0 bridgehead atoms. The van der Waals surface area contributed by atoms with Gasteiger partial charge in [0.25, 0.3) is 0 Å². The molecule has 2 aromatic carbocycles. The van der Waals surface area contributed by atoms with Gasteiger partial charge in [-0.05, 0) is 79.1 Å². The van der Waals surface area contributed by atoms with Crippen molar-refractivity contribution in [2.24, 2.45) is 5.92 Å². The number of amides is 1. The molecule has 6 nitrogen and oxygen atoms in total. The Morgan fingerprint density at radius 1 is 1.11 bits per heavy atom. The van der Waals surface area contributed by atoms with E-state index in [2.05, 4.69) is 17.1 Å². The van der Waals surface area contributed by atoms with Gasteiger partial charge in [0.05, 0.1) is 17.7 Å². The number of piperidine rings is 1. The van der Waals surface area contributed by atoms with Crippen molar-refractivity contribution >= 4 is 11.9 Å². The maximum absolute atomic E-state index is 13.8. The Morgan fingerprint density at radius 3 is 2.50 bits per heavy atom. The molecule has 2 saturated heterocycles. The molecule has 0 spiro atoms. The van der Waals surface area contributed by atoms with E-state index in [0.717, 1.165) is 37.2 Å². The topological polar surface area (TPSA) is 78.9 Å². The minimum Gasteiger partial charge on any atom is -0.478 e. The number of carboxylic acids is 1. The summed E-state index contributed by atoms with van der Waals surface area (Å²) in [5, 5.41) is 11.8. The Kier molecular flexibility index (Phi) is 8.37. The molecular formula is C27H29F5N2O4. The summed E-state index contributed by atoms with van der Waals surface area (Å²) in [5.74, 6) is -3.27. The molecule has 2 aromatic rings. The number of carboxylic acid groups (broad SMARTS) is 1. The van der Waals surface area contributed by atoms with Crippen molar-refractivity contribution in [1.29, 1.82) is 0 Å². The summed E-state index contributed by atoms with van der Waals surface area (Å²) in [6, 6.07) is 6.50. The smallest absolute Gasteiger partial charge is 0.416 e. The Morgan fingerprint density at radius 2 is 1.87 bits per heavy atom. The van der Waals surface area contributed by atoms with E-state index in [-0.39, 0.29) is 35.5 Å². The molecule has 4 atom stereocenters. The number of hydrogen-bond donors (Lipinski definition) is 2. The van der Waals surface area contributed by atoms with Gasteiger partial charge in [0.1, 0.15) is 17.7 Å². The minimum absolute atomic E-state index is 0.00727. The first-order valence-electron chi connectivity index (χ1n) is 12.4. The van der Waals surface area contributed by atoms with E-state index in [1.807, 2.05) is 0 Å². The molecule has 2 aliphatic rings. The molecule has 11 heteroatoms. The van der Waals surface area contributed by atoms with E-state index in [4.69, 9.17) is 4.74 Å². The Balaban J connectivity index is 1.27. The Labute approximate surface area is 216 Å². The molecule has 2 unspecified atom stereocenters. The Bertz CT molecular complexity index is 1180. The highest BCUT2D eigenvalue weighted by Gasteiger charge is 2.35. The summed E-state index contributed by atoms with van der Waals surface area (Å²) >= 11 is 0. The van der Waals surface area contributed by atoms with Gasteiger partial charge in [0, 0.05) is 19.1 Å². The van der Waals surface area contributed by atoms with E-state index in [1.54, 1.807) is 6.07 Å². The van der Waals surface area contributed by atoms with Crippen molar-refractivity contribution < 1.29 is 41.4 Å². The normalized spacial score (nSPS) is 24.7. The highest BCUT2D eigenvalue weighted by atomic mass is 19.4. The predicted octanol–water partition coefficient (Wildman–Crippen LogP) is 4.97. The van der Waals surface area contributed by atoms with E-state index in [9.17, 15) is 36.6 Å². The zero-order valence-electron chi connectivity index (χ0n) is 20.7. The SMILES string of the molecule is CC1CN(C2CC[C@H](C(=O)NCc3cc(F)cc(C(F)(F)F)c3)OC2)CC[C@@H]1c1ccc(F)c(C(=O)O)c1. The number of aromatic carboxylic acids is 1. The van der Waals surface area contributed by atoms with Crippen LogP contribution in [0.5, 0.6) is 0 Å². The van der Waals surface area contributed by atoms with Crippen LogP contribution in [0.4, 0.5) is 22.0 Å². The van der Waals surface area contributed by atoms with Gasteiger partial charge in [0.2, 0.25) is 5.91 Å². The second-order valence-corrected chi connectivity index (χ2v) is 10.0. The van der Waals surface area contributed by atoms with Gasteiger partial charge < -0.3 is 15.2 Å². The minimum atomic E-state index is -4.69. The monoisotopic (exact) mass is 540 g/mol. The van der Waals surface area contributed by atoms with Gasteiger partial charge in [0.15, 0.2) is 0 Å². The lowest BCUT2D eigenvalue weighted by Gasteiger charge is -2.43. The number of carbonyl (C=O) groups excluding carboxylic acids is 1. The van der Waals surface area contributed by atoms with Crippen LogP contribution >= 0.6 is 0 Å². The summed E-state index contributed by atoms with van der Waals surface area (Å²) in [5.41, 5.74) is -0.639. The molecule has 2 fully saturated rings. The van der Waals surface area contributed by atoms with E-state index >= 15 is 0 Å². The molecule has 0 radical (unpaired) electrons. The van der Waals surface area contributed by atoms with Crippen LogP contribution in [0.2, 0.25) is 0 Å². The molecule has 2 heterocycles. The van der Waals surface area contributed by atoms with Crippen LogP contribution in [-0.2, 0) is 22.3 Å². The Hall–Kier alpha value is -3.05. The number of halogens is 5. The standard InChI is InChI=1S/C27H29F5N2O4/c1-15-13-34(7-6-21(15)17-2-4-23(29)22(10-17)26(36)37)20-3-5-24(38-14-20)25(35)33-12-16-8-18(27(30,31)32)11-19(28)9-16/h2,4,8-11,15,20-21,24H,3,5-7,12-14H2,1H3,(H,33,35)(H,36,37)/t15?,20?,21-,24+/m0/s1. The van der Waals surface area contributed by atoms with Crippen molar-refractivity contribution in [2.45, 2.75) is 57.0 Å². The van der Waals surface area contributed by atoms with Gasteiger partial charge in [-0.3, -0.25) is 9.69 Å². The highest BCUT2D eigenvalue weighted by Crippen LogP contribution is 2.35.